The van der Waals surface area contributed by atoms with E-state index in [1.807, 2.05) is 56.3 Å². The standard InChI is InChI=1S/C28H25N5O3/c1-16(2)24(25-29-20-12-6-7-13-21(20)30-25)31-23(34)15-32-26-17-9-3-4-10-18(17)28(36)33(26)22-14-8-5-11-19(22)27(32)35/h3-14,16,24,26H,15H2,1-2H3,(H,29,30)(H,31,34)/t24-,26?/m0/s1. The highest BCUT2D eigenvalue weighted by atomic mass is 16.2. The monoisotopic (exact) mass is 479 g/mol. The molecule has 1 unspecified atom stereocenters. The fraction of sp³-hybridized carbons (Fsp3) is 0.214. The summed E-state index contributed by atoms with van der Waals surface area (Å²) in [6.07, 6.45) is -0.675. The molecule has 0 radical (unpaired) electrons. The number of imidazole rings is 1. The molecular weight excluding hydrogens is 454 g/mol. The fourth-order valence-corrected chi connectivity index (χ4v) is 5.18. The van der Waals surface area contributed by atoms with Gasteiger partial charge >= 0.3 is 0 Å². The lowest BCUT2D eigenvalue weighted by Crippen LogP contribution is -2.52. The van der Waals surface area contributed by atoms with Crippen LogP contribution in [0.5, 0.6) is 0 Å². The number of hydrogen-bond acceptors (Lipinski definition) is 4. The minimum absolute atomic E-state index is 0.0533. The van der Waals surface area contributed by atoms with E-state index in [0.29, 0.717) is 22.6 Å². The zero-order chi connectivity index (χ0) is 25.0. The maximum absolute atomic E-state index is 13.6. The van der Waals surface area contributed by atoms with E-state index in [4.69, 9.17) is 0 Å². The molecule has 0 spiro atoms. The largest absolute Gasteiger partial charge is 0.344 e. The van der Waals surface area contributed by atoms with E-state index >= 15 is 0 Å². The van der Waals surface area contributed by atoms with Crippen LogP contribution in [0.4, 0.5) is 5.69 Å². The summed E-state index contributed by atoms with van der Waals surface area (Å²) in [6.45, 7) is 3.82. The molecule has 180 valence electrons. The zero-order valence-corrected chi connectivity index (χ0v) is 19.9. The minimum atomic E-state index is -0.675. The van der Waals surface area contributed by atoms with Crippen LogP contribution >= 0.6 is 0 Å². The number of nitrogens with one attached hydrogen (secondary N) is 2. The molecule has 0 bridgehead atoms. The van der Waals surface area contributed by atoms with Gasteiger partial charge in [-0.15, -0.1) is 0 Å². The third-order valence-electron chi connectivity index (χ3n) is 6.88. The number of H-pyrrole nitrogens is 1. The van der Waals surface area contributed by atoms with Gasteiger partial charge in [-0.05, 0) is 36.2 Å². The third kappa shape index (κ3) is 3.37. The van der Waals surface area contributed by atoms with Gasteiger partial charge in [-0.25, -0.2) is 4.98 Å². The van der Waals surface area contributed by atoms with Crippen LogP contribution in [0, 0.1) is 5.92 Å². The van der Waals surface area contributed by atoms with Crippen LogP contribution in [0.15, 0.2) is 72.8 Å². The zero-order valence-electron chi connectivity index (χ0n) is 19.9. The Labute approximate surface area is 207 Å². The van der Waals surface area contributed by atoms with Gasteiger partial charge in [-0.2, -0.15) is 0 Å². The predicted molar refractivity (Wildman–Crippen MR) is 135 cm³/mol. The fourth-order valence-electron chi connectivity index (χ4n) is 5.18. The predicted octanol–water partition coefficient (Wildman–Crippen LogP) is 4.19. The molecule has 2 N–H and O–H groups in total. The highest BCUT2D eigenvalue weighted by Gasteiger charge is 2.48. The summed E-state index contributed by atoms with van der Waals surface area (Å²) in [5, 5.41) is 3.07. The van der Waals surface area contributed by atoms with E-state index in [-0.39, 0.29) is 36.2 Å². The molecule has 3 heterocycles. The number of para-hydroxylation sites is 3. The average Bonchev–Trinajstić information content (AvgIpc) is 3.44. The first-order valence-corrected chi connectivity index (χ1v) is 12.0. The van der Waals surface area contributed by atoms with Crippen molar-refractivity contribution in [1.29, 1.82) is 0 Å². The Morgan fingerprint density at radius 1 is 0.944 bits per heavy atom. The van der Waals surface area contributed by atoms with Crippen molar-refractivity contribution in [1.82, 2.24) is 20.2 Å². The van der Waals surface area contributed by atoms with E-state index in [0.717, 1.165) is 16.6 Å². The first kappa shape index (κ1) is 22.0. The summed E-state index contributed by atoms with van der Waals surface area (Å²) in [5.74, 6) is -0.0613. The molecular formula is C28H25N5O3. The lowest BCUT2D eigenvalue weighted by Gasteiger charge is -2.40. The van der Waals surface area contributed by atoms with Crippen LogP contribution in [0.25, 0.3) is 11.0 Å². The Morgan fingerprint density at radius 3 is 2.42 bits per heavy atom. The first-order chi connectivity index (χ1) is 17.4. The molecule has 0 saturated carbocycles. The lowest BCUT2D eigenvalue weighted by molar-refractivity contribution is -0.123. The average molecular weight is 480 g/mol. The van der Waals surface area contributed by atoms with Gasteiger partial charge in [0, 0.05) is 11.1 Å². The quantitative estimate of drug-likeness (QED) is 0.448. The summed E-state index contributed by atoms with van der Waals surface area (Å²) < 4.78 is 0. The molecule has 0 saturated heterocycles. The SMILES string of the molecule is CC(C)[C@H](NC(=O)CN1C(=O)c2ccccc2N2C(=O)c3ccccc3C12)c1nc2ccccc2[nH]1. The summed E-state index contributed by atoms with van der Waals surface area (Å²) in [5.41, 5.74) is 3.95. The van der Waals surface area contributed by atoms with Crippen molar-refractivity contribution >= 4 is 34.4 Å². The van der Waals surface area contributed by atoms with E-state index < -0.39 is 6.17 Å². The molecule has 8 nitrogen and oxygen atoms in total. The summed E-state index contributed by atoms with van der Waals surface area (Å²) >= 11 is 0. The molecule has 2 aliphatic heterocycles. The molecule has 4 aromatic rings. The Kier molecular flexibility index (Phi) is 5.10. The van der Waals surface area contributed by atoms with Crippen molar-refractivity contribution in [3.8, 4) is 0 Å². The van der Waals surface area contributed by atoms with Gasteiger partial charge in [0.25, 0.3) is 11.8 Å². The number of nitrogens with zero attached hydrogens (tertiary/aromatic N) is 3. The van der Waals surface area contributed by atoms with Crippen molar-refractivity contribution in [2.24, 2.45) is 5.92 Å². The summed E-state index contributed by atoms with van der Waals surface area (Å²) in [6, 6.07) is 21.6. The van der Waals surface area contributed by atoms with Crippen LogP contribution in [0.1, 0.15) is 58.2 Å². The topological polar surface area (TPSA) is 98.4 Å². The molecule has 3 amide bonds. The number of aromatic nitrogens is 2. The third-order valence-corrected chi connectivity index (χ3v) is 6.88. The number of benzene rings is 3. The number of carbonyl (C=O) groups is 3. The number of carbonyl (C=O) groups excluding carboxylic acids is 3. The maximum Gasteiger partial charge on any atom is 0.260 e. The molecule has 1 aromatic heterocycles. The molecule has 2 aliphatic rings. The van der Waals surface area contributed by atoms with Crippen molar-refractivity contribution in [3.63, 3.8) is 0 Å². The lowest BCUT2D eigenvalue weighted by atomic mass is 10.0. The van der Waals surface area contributed by atoms with Crippen LogP contribution < -0.4 is 10.2 Å². The van der Waals surface area contributed by atoms with Gasteiger partial charge < -0.3 is 15.2 Å². The van der Waals surface area contributed by atoms with Crippen molar-refractivity contribution < 1.29 is 14.4 Å². The smallest absolute Gasteiger partial charge is 0.260 e. The van der Waals surface area contributed by atoms with Gasteiger partial charge in [0.05, 0.1) is 28.3 Å². The molecule has 6 rings (SSSR count). The molecule has 0 aliphatic carbocycles. The summed E-state index contributed by atoms with van der Waals surface area (Å²) in [4.78, 5) is 51.4. The van der Waals surface area contributed by atoms with Gasteiger partial charge in [-0.3, -0.25) is 19.3 Å². The van der Waals surface area contributed by atoms with E-state index in [1.54, 1.807) is 35.2 Å². The van der Waals surface area contributed by atoms with Crippen LogP contribution in [0.2, 0.25) is 0 Å². The van der Waals surface area contributed by atoms with Crippen LogP contribution in [-0.2, 0) is 4.79 Å². The first-order valence-electron chi connectivity index (χ1n) is 12.0. The molecule has 2 atom stereocenters. The Bertz CT molecular complexity index is 1490. The number of hydrogen-bond donors (Lipinski definition) is 2. The van der Waals surface area contributed by atoms with Crippen molar-refractivity contribution in [2.75, 3.05) is 11.4 Å². The highest BCUT2D eigenvalue weighted by molar-refractivity contribution is 6.17. The van der Waals surface area contributed by atoms with Crippen molar-refractivity contribution in [3.05, 3.63) is 95.3 Å². The number of aromatic amines is 1. The normalized spacial score (nSPS) is 17.2. The van der Waals surface area contributed by atoms with Gasteiger partial charge in [0.15, 0.2) is 0 Å². The maximum atomic E-state index is 13.6. The number of amides is 3. The second-order valence-electron chi connectivity index (χ2n) is 9.51. The van der Waals surface area contributed by atoms with Gasteiger partial charge in [0.1, 0.15) is 18.5 Å². The Morgan fingerprint density at radius 2 is 1.64 bits per heavy atom. The Hall–Kier alpha value is -4.46. The van der Waals surface area contributed by atoms with Crippen LogP contribution in [0.3, 0.4) is 0 Å². The summed E-state index contributed by atoms with van der Waals surface area (Å²) in [7, 11) is 0. The highest BCUT2D eigenvalue weighted by Crippen LogP contribution is 2.45. The minimum Gasteiger partial charge on any atom is -0.344 e. The van der Waals surface area contributed by atoms with Gasteiger partial charge in [-0.1, -0.05) is 56.3 Å². The van der Waals surface area contributed by atoms with E-state index in [1.165, 1.54) is 4.90 Å². The second-order valence-corrected chi connectivity index (χ2v) is 9.51. The molecule has 0 fully saturated rings. The van der Waals surface area contributed by atoms with E-state index in [9.17, 15) is 14.4 Å². The number of rotatable bonds is 5. The number of fused-ring (bicyclic) bond motifs is 6. The van der Waals surface area contributed by atoms with Gasteiger partial charge in [0.2, 0.25) is 5.91 Å². The Balaban J connectivity index is 1.33. The van der Waals surface area contributed by atoms with Crippen LogP contribution in [-0.4, -0.2) is 39.1 Å². The molecule has 3 aromatic carbocycles. The molecule has 8 heteroatoms. The number of anilines is 1. The van der Waals surface area contributed by atoms with E-state index in [2.05, 4.69) is 15.3 Å². The second kappa shape index (κ2) is 8.34. The van der Waals surface area contributed by atoms with Crippen molar-refractivity contribution in [2.45, 2.75) is 26.1 Å². The molecule has 36 heavy (non-hydrogen) atoms.